The molecule has 42 heavy (non-hydrogen) atoms. The van der Waals surface area contributed by atoms with Crippen molar-refractivity contribution in [1.82, 2.24) is 9.97 Å². The fraction of sp³-hybridized carbons (Fsp3) is 0.235. The minimum Gasteiger partial charge on any atom is -0.497 e. The first-order valence-corrected chi connectivity index (χ1v) is 14.6. The molecule has 0 aliphatic rings. The second-order valence-electron chi connectivity index (χ2n) is 11.6. The lowest BCUT2D eigenvalue weighted by Gasteiger charge is -2.30. The number of halogens is 2. The molecule has 0 bridgehead atoms. The molecule has 0 unspecified atom stereocenters. The monoisotopic (exact) mass is 598 g/mol. The van der Waals surface area contributed by atoms with E-state index in [-0.39, 0.29) is 5.41 Å². The molecule has 214 valence electrons. The third-order valence-electron chi connectivity index (χ3n) is 7.16. The van der Waals surface area contributed by atoms with E-state index in [9.17, 15) is 0 Å². The second kappa shape index (κ2) is 11.1. The Balaban J connectivity index is 1.73. The topological polar surface area (TPSA) is 73.5 Å². The van der Waals surface area contributed by atoms with E-state index in [2.05, 4.69) is 31.7 Å². The molecule has 6 aromatic rings. The highest BCUT2D eigenvalue weighted by molar-refractivity contribution is 6.32. The lowest BCUT2D eigenvalue weighted by atomic mass is 9.98. The van der Waals surface area contributed by atoms with Crippen LogP contribution in [0, 0.1) is 5.41 Å². The maximum atomic E-state index is 6.47. The molecular formula is C34H32Cl2N4O2. The molecule has 2 heterocycles. The maximum absolute atomic E-state index is 6.47. The molecule has 4 aromatic carbocycles. The van der Waals surface area contributed by atoms with Crippen molar-refractivity contribution in [2.45, 2.75) is 20.8 Å². The van der Waals surface area contributed by atoms with Gasteiger partial charge in [0.25, 0.3) is 0 Å². The van der Waals surface area contributed by atoms with Crippen LogP contribution in [0.3, 0.4) is 0 Å². The van der Waals surface area contributed by atoms with Gasteiger partial charge in [-0.2, -0.15) is 0 Å². The van der Waals surface area contributed by atoms with Crippen LogP contribution < -0.4 is 20.1 Å². The summed E-state index contributed by atoms with van der Waals surface area (Å²) >= 11 is 12.9. The van der Waals surface area contributed by atoms with Crippen LogP contribution in [-0.2, 0) is 0 Å². The molecule has 0 fully saturated rings. The standard InChI is InChI=1S/C34H32Cl2N4O2/c1-34(2,3)19-42-23-8-12-29-27(18-23)33(25-10-6-21(36)16-31(25)39-29)40(14-13-37)32-24-9-5-20(35)15-30(24)38-28-11-7-22(41-4)17-26(28)32/h5-12,15-18H,13-14,19,37H2,1-4H3. The van der Waals surface area contributed by atoms with Crippen LogP contribution in [0.2, 0.25) is 10.0 Å². The number of methoxy groups -OCH3 is 1. The van der Waals surface area contributed by atoms with Crippen molar-refractivity contribution in [3.63, 3.8) is 0 Å². The summed E-state index contributed by atoms with van der Waals surface area (Å²) in [6.45, 7) is 7.97. The van der Waals surface area contributed by atoms with Crippen LogP contribution >= 0.6 is 23.2 Å². The summed E-state index contributed by atoms with van der Waals surface area (Å²) in [5, 5.41) is 5.01. The molecular weight excluding hydrogens is 567 g/mol. The van der Waals surface area contributed by atoms with Crippen molar-refractivity contribution in [1.29, 1.82) is 0 Å². The van der Waals surface area contributed by atoms with Crippen molar-refractivity contribution in [3.8, 4) is 11.5 Å². The fourth-order valence-electron chi connectivity index (χ4n) is 5.31. The summed E-state index contributed by atoms with van der Waals surface area (Å²) in [6.07, 6.45) is 0. The SMILES string of the molecule is COc1ccc2nc3cc(Cl)ccc3c(N(CCN)c3c4ccc(Cl)cc4nc4ccc(OCC(C)(C)C)cc34)c2c1. The summed E-state index contributed by atoms with van der Waals surface area (Å²) < 4.78 is 11.9. The van der Waals surface area contributed by atoms with E-state index in [0.29, 0.717) is 29.7 Å². The van der Waals surface area contributed by atoms with E-state index < -0.39 is 0 Å². The summed E-state index contributed by atoms with van der Waals surface area (Å²) in [5.74, 6) is 1.51. The molecule has 8 heteroatoms. The van der Waals surface area contributed by atoms with Gasteiger partial charge in [0.1, 0.15) is 11.5 Å². The van der Waals surface area contributed by atoms with Crippen LogP contribution in [0.15, 0.2) is 72.8 Å². The van der Waals surface area contributed by atoms with Gasteiger partial charge in [0, 0.05) is 44.7 Å². The Kier molecular flexibility index (Phi) is 7.48. The summed E-state index contributed by atoms with van der Waals surface area (Å²) in [6, 6.07) is 23.6. The van der Waals surface area contributed by atoms with Crippen LogP contribution in [-0.4, -0.2) is 36.8 Å². The summed E-state index contributed by atoms with van der Waals surface area (Å²) in [5.41, 5.74) is 11.5. The van der Waals surface area contributed by atoms with Gasteiger partial charge in [0.2, 0.25) is 0 Å². The van der Waals surface area contributed by atoms with Gasteiger partial charge in [0.15, 0.2) is 0 Å². The van der Waals surface area contributed by atoms with Crippen LogP contribution in [0.4, 0.5) is 11.4 Å². The zero-order valence-electron chi connectivity index (χ0n) is 24.0. The molecule has 0 aliphatic carbocycles. The number of nitrogens with zero attached hydrogens (tertiary/aromatic N) is 3. The van der Waals surface area contributed by atoms with E-state index in [1.165, 1.54) is 0 Å². The van der Waals surface area contributed by atoms with E-state index in [1.54, 1.807) is 7.11 Å². The van der Waals surface area contributed by atoms with E-state index >= 15 is 0 Å². The van der Waals surface area contributed by atoms with E-state index in [4.69, 9.17) is 48.4 Å². The second-order valence-corrected chi connectivity index (χ2v) is 12.5. The molecule has 6 nitrogen and oxygen atoms in total. The number of ether oxygens (including phenoxy) is 2. The smallest absolute Gasteiger partial charge is 0.120 e. The van der Waals surface area contributed by atoms with Gasteiger partial charge in [-0.3, -0.25) is 0 Å². The van der Waals surface area contributed by atoms with Crippen molar-refractivity contribution in [2.75, 3.05) is 31.7 Å². The number of aromatic nitrogens is 2. The molecule has 0 aliphatic heterocycles. The highest BCUT2D eigenvalue weighted by atomic mass is 35.5. The van der Waals surface area contributed by atoms with Gasteiger partial charge in [-0.05, 0) is 78.2 Å². The number of rotatable bonds is 7. The number of hydrogen-bond donors (Lipinski definition) is 1. The molecule has 0 amide bonds. The lowest BCUT2D eigenvalue weighted by Crippen LogP contribution is -2.26. The van der Waals surface area contributed by atoms with Gasteiger partial charge in [-0.25, -0.2) is 9.97 Å². The first-order chi connectivity index (χ1) is 20.1. The first kappa shape index (κ1) is 28.3. The predicted molar refractivity (Wildman–Crippen MR) is 176 cm³/mol. The third-order valence-corrected chi connectivity index (χ3v) is 7.63. The summed E-state index contributed by atoms with van der Waals surface area (Å²) in [7, 11) is 1.67. The normalized spacial score (nSPS) is 12.0. The average Bonchev–Trinajstić information content (AvgIpc) is 2.96. The number of fused-ring (bicyclic) bond motifs is 4. The zero-order chi connectivity index (χ0) is 29.6. The molecule has 0 saturated heterocycles. The summed E-state index contributed by atoms with van der Waals surface area (Å²) in [4.78, 5) is 12.2. The predicted octanol–water partition coefficient (Wildman–Crippen LogP) is 8.93. The lowest BCUT2D eigenvalue weighted by molar-refractivity contribution is 0.198. The van der Waals surface area contributed by atoms with Gasteiger partial charge in [-0.1, -0.05) is 44.0 Å². The molecule has 6 rings (SSSR count). The molecule has 2 aromatic heterocycles. The Labute approximate surface area is 255 Å². The van der Waals surface area contributed by atoms with Crippen LogP contribution in [0.25, 0.3) is 43.6 Å². The molecule has 0 spiro atoms. The van der Waals surface area contributed by atoms with Gasteiger partial charge in [0.05, 0.1) is 47.2 Å². The fourth-order valence-corrected chi connectivity index (χ4v) is 5.64. The zero-order valence-corrected chi connectivity index (χ0v) is 25.6. The quantitative estimate of drug-likeness (QED) is 0.185. The van der Waals surface area contributed by atoms with Gasteiger partial charge < -0.3 is 20.1 Å². The van der Waals surface area contributed by atoms with Crippen molar-refractivity contribution in [3.05, 3.63) is 82.8 Å². The van der Waals surface area contributed by atoms with E-state index in [1.807, 2.05) is 66.7 Å². The Morgan fingerprint density at radius 2 is 1.21 bits per heavy atom. The number of benzene rings is 4. The number of hydrogen-bond acceptors (Lipinski definition) is 6. The Morgan fingerprint density at radius 1 is 0.690 bits per heavy atom. The van der Waals surface area contributed by atoms with E-state index in [0.717, 1.165) is 66.5 Å². The first-order valence-electron chi connectivity index (χ1n) is 13.9. The van der Waals surface area contributed by atoms with Gasteiger partial charge >= 0.3 is 0 Å². The van der Waals surface area contributed by atoms with Gasteiger partial charge in [-0.15, -0.1) is 0 Å². The number of anilines is 2. The highest BCUT2D eigenvalue weighted by Gasteiger charge is 2.23. The molecule has 0 saturated carbocycles. The third kappa shape index (κ3) is 5.38. The average molecular weight is 600 g/mol. The largest absolute Gasteiger partial charge is 0.497 e. The Bertz CT molecular complexity index is 1970. The molecule has 0 radical (unpaired) electrons. The number of pyridine rings is 2. The minimum absolute atomic E-state index is 0.0109. The van der Waals surface area contributed by atoms with Crippen molar-refractivity contribution < 1.29 is 9.47 Å². The van der Waals surface area contributed by atoms with Crippen molar-refractivity contribution >= 4 is 78.2 Å². The van der Waals surface area contributed by atoms with Crippen LogP contribution in [0.1, 0.15) is 20.8 Å². The van der Waals surface area contributed by atoms with Crippen molar-refractivity contribution in [2.24, 2.45) is 11.1 Å². The highest BCUT2D eigenvalue weighted by Crippen LogP contribution is 2.45. The Morgan fingerprint density at radius 3 is 1.71 bits per heavy atom. The maximum Gasteiger partial charge on any atom is 0.120 e. The molecule has 2 N–H and O–H groups in total. The minimum atomic E-state index is 0.0109. The molecule has 0 atom stereocenters. The van der Waals surface area contributed by atoms with Crippen LogP contribution in [0.5, 0.6) is 11.5 Å². The number of nitrogens with two attached hydrogens (primary N) is 1. The Hall–Kier alpha value is -3.84.